The van der Waals surface area contributed by atoms with Crippen molar-refractivity contribution in [1.29, 1.82) is 0 Å². The van der Waals surface area contributed by atoms with Crippen molar-refractivity contribution in [3.63, 3.8) is 0 Å². The number of hydrogen-bond acceptors (Lipinski definition) is 3. The quantitative estimate of drug-likeness (QED) is 0.634. The van der Waals surface area contributed by atoms with Crippen LogP contribution in [0.5, 0.6) is 5.95 Å². The smallest absolute Gasteiger partial charge is 0.292 e. The first-order valence-corrected chi connectivity index (χ1v) is 4.81. The van der Waals surface area contributed by atoms with Crippen molar-refractivity contribution < 1.29 is 9.15 Å². The minimum Gasteiger partial charge on any atom is -0.459 e. The summed E-state index contributed by atoms with van der Waals surface area (Å²) in [7, 11) is 0. The van der Waals surface area contributed by atoms with Gasteiger partial charge in [0.1, 0.15) is 11.4 Å². The Hall–Kier alpha value is -1.25. The summed E-state index contributed by atoms with van der Waals surface area (Å²) >= 11 is 0. The molecule has 0 atom stereocenters. The lowest BCUT2D eigenvalue weighted by Crippen LogP contribution is -2.34. The molecule has 0 fully saturated rings. The van der Waals surface area contributed by atoms with Crippen LogP contribution in [0.4, 0.5) is 0 Å². The highest BCUT2D eigenvalue weighted by atomic mass is 16.6. The molecule has 0 N–H and O–H groups in total. The second kappa shape index (κ2) is 2.87. The summed E-state index contributed by atoms with van der Waals surface area (Å²) in [5.74, 6) is 1.01. The van der Waals surface area contributed by atoms with E-state index in [1.165, 1.54) is 6.07 Å². The van der Waals surface area contributed by atoms with Gasteiger partial charge in [0, 0.05) is 6.07 Å². The van der Waals surface area contributed by atoms with Gasteiger partial charge >= 0.3 is 0 Å². The topological polar surface area (TPSA) is 39.4 Å². The second-order valence-corrected chi connectivity index (χ2v) is 4.35. The molecule has 3 nitrogen and oxygen atoms in total. The van der Waals surface area contributed by atoms with E-state index >= 15 is 0 Å². The Morgan fingerprint density at radius 3 is 2.86 bits per heavy atom. The highest BCUT2D eigenvalue weighted by molar-refractivity contribution is 5.27. The third kappa shape index (κ3) is 1.54. The van der Waals surface area contributed by atoms with E-state index in [0.717, 1.165) is 12.8 Å². The number of ether oxygens (including phenoxy) is 1. The molecule has 0 radical (unpaired) electrons. The molecule has 0 saturated heterocycles. The minimum absolute atomic E-state index is 0.0271. The summed E-state index contributed by atoms with van der Waals surface area (Å²) < 4.78 is 11.0. The van der Waals surface area contributed by atoms with Gasteiger partial charge in [0.25, 0.3) is 5.95 Å². The normalized spacial score (nSPS) is 18.5. The molecule has 2 rings (SSSR count). The largest absolute Gasteiger partial charge is 0.459 e. The monoisotopic (exact) mass is 194 g/mol. The molecule has 1 aromatic rings. The van der Waals surface area contributed by atoms with Crippen LogP contribution in [0.15, 0.2) is 15.3 Å². The number of rotatable bonds is 0. The van der Waals surface area contributed by atoms with Gasteiger partial charge in [0.2, 0.25) is 0 Å². The molecule has 1 aliphatic heterocycles. The van der Waals surface area contributed by atoms with Gasteiger partial charge in [-0.3, -0.25) is 4.79 Å². The van der Waals surface area contributed by atoms with E-state index in [4.69, 9.17) is 9.15 Å². The first kappa shape index (κ1) is 9.31. The van der Waals surface area contributed by atoms with Gasteiger partial charge in [0.15, 0.2) is 5.43 Å². The third-order valence-corrected chi connectivity index (χ3v) is 2.48. The van der Waals surface area contributed by atoms with Gasteiger partial charge in [-0.2, -0.15) is 0 Å². The van der Waals surface area contributed by atoms with E-state index in [-0.39, 0.29) is 11.0 Å². The molecule has 0 spiro atoms. The molecule has 0 bridgehead atoms. The Labute approximate surface area is 82.7 Å². The molecule has 76 valence electrons. The molecule has 0 amide bonds. The molecule has 0 saturated carbocycles. The van der Waals surface area contributed by atoms with E-state index < -0.39 is 0 Å². The molecule has 2 heterocycles. The van der Waals surface area contributed by atoms with E-state index in [9.17, 15) is 4.79 Å². The maximum absolute atomic E-state index is 11.6. The van der Waals surface area contributed by atoms with Crippen molar-refractivity contribution in [2.24, 2.45) is 0 Å². The number of hydrogen-bond donors (Lipinski definition) is 0. The van der Waals surface area contributed by atoms with Crippen LogP contribution in [-0.2, 0) is 6.42 Å². The molecule has 0 aromatic carbocycles. The summed E-state index contributed by atoms with van der Waals surface area (Å²) in [6.07, 6.45) is 1.60. The first-order valence-electron chi connectivity index (χ1n) is 4.81. The van der Waals surface area contributed by atoms with Gasteiger partial charge < -0.3 is 9.15 Å². The molecular weight excluding hydrogens is 180 g/mol. The first-order chi connectivity index (χ1) is 6.48. The molecule has 1 aromatic heterocycles. The van der Waals surface area contributed by atoms with Crippen molar-refractivity contribution in [3.05, 3.63) is 27.6 Å². The van der Waals surface area contributed by atoms with E-state index in [0.29, 0.717) is 17.3 Å². The molecular formula is C11H14O3. The van der Waals surface area contributed by atoms with Crippen LogP contribution < -0.4 is 10.2 Å². The third-order valence-electron chi connectivity index (χ3n) is 2.48. The van der Waals surface area contributed by atoms with Crippen molar-refractivity contribution in [1.82, 2.24) is 0 Å². The predicted molar refractivity (Wildman–Crippen MR) is 52.7 cm³/mol. The number of aryl methyl sites for hydroxylation is 1. The van der Waals surface area contributed by atoms with Crippen LogP contribution in [0.1, 0.15) is 31.6 Å². The lowest BCUT2D eigenvalue weighted by atomic mass is 9.96. The van der Waals surface area contributed by atoms with Gasteiger partial charge in [0.05, 0.1) is 5.56 Å². The summed E-state index contributed by atoms with van der Waals surface area (Å²) in [4.78, 5) is 11.6. The SMILES string of the molecule is Cc1cc(=O)c2c(o1)OC(C)(C)CC2. The van der Waals surface area contributed by atoms with Crippen LogP contribution in [0, 0.1) is 6.92 Å². The van der Waals surface area contributed by atoms with Crippen molar-refractivity contribution in [2.45, 2.75) is 39.2 Å². The standard InChI is InChI=1S/C11H14O3/c1-7-6-9(12)8-4-5-11(2,3)14-10(8)13-7/h6H,4-5H2,1-3H3. The van der Waals surface area contributed by atoms with Gasteiger partial charge in [-0.15, -0.1) is 0 Å². The van der Waals surface area contributed by atoms with Crippen molar-refractivity contribution >= 4 is 0 Å². The predicted octanol–water partition coefficient (Wildman–Crippen LogP) is 2.05. The van der Waals surface area contributed by atoms with Crippen LogP contribution >= 0.6 is 0 Å². The summed E-state index contributed by atoms with van der Waals surface area (Å²) in [5.41, 5.74) is 0.477. The zero-order chi connectivity index (χ0) is 10.3. The van der Waals surface area contributed by atoms with Crippen molar-refractivity contribution in [2.75, 3.05) is 0 Å². The second-order valence-electron chi connectivity index (χ2n) is 4.35. The Morgan fingerprint density at radius 2 is 2.14 bits per heavy atom. The molecule has 3 heteroatoms. The minimum atomic E-state index is -0.225. The Bertz CT molecular complexity index is 415. The highest BCUT2D eigenvalue weighted by Gasteiger charge is 2.29. The average Bonchev–Trinajstić information content (AvgIpc) is 2.00. The Kier molecular flexibility index (Phi) is 1.91. The molecule has 1 aliphatic rings. The van der Waals surface area contributed by atoms with Gasteiger partial charge in [-0.25, -0.2) is 0 Å². The lowest BCUT2D eigenvalue weighted by molar-refractivity contribution is 0.0488. The summed E-state index contributed by atoms with van der Waals surface area (Å²) in [6, 6.07) is 1.51. The summed E-state index contributed by atoms with van der Waals surface area (Å²) in [6.45, 7) is 5.75. The van der Waals surface area contributed by atoms with Crippen LogP contribution in [0.3, 0.4) is 0 Å². The fraction of sp³-hybridized carbons (Fsp3) is 0.545. The Balaban J connectivity index is 2.52. The van der Waals surface area contributed by atoms with Gasteiger partial charge in [-0.1, -0.05) is 0 Å². The van der Waals surface area contributed by atoms with Crippen molar-refractivity contribution in [3.8, 4) is 5.95 Å². The maximum atomic E-state index is 11.6. The van der Waals surface area contributed by atoms with Crippen LogP contribution in [0.25, 0.3) is 0 Å². The average molecular weight is 194 g/mol. The van der Waals surface area contributed by atoms with E-state index in [1.54, 1.807) is 6.92 Å². The zero-order valence-electron chi connectivity index (χ0n) is 8.72. The number of fused-ring (bicyclic) bond motifs is 1. The van der Waals surface area contributed by atoms with E-state index in [2.05, 4.69) is 0 Å². The van der Waals surface area contributed by atoms with Crippen LogP contribution in [-0.4, -0.2) is 5.60 Å². The fourth-order valence-corrected chi connectivity index (χ4v) is 1.65. The Morgan fingerprint density at radius 1 is 1.43 bits per heavy atom. The maximum Gasteiger partial charge on any atom is 0.292 e. The van der Waals surface area contributed by atoms with Gasteiger partial charge in [-0.05, 0) is 33.6 Å². The zero-order valence-corrected chi connectivity index (χ0v) is 8.72. The molecule has 0 unspecified atom stereocenters. The molecule has 14 heavy (non-hydrogen) atoms. The summed E-state index contributed by atoms with van der Waals surface area (Å²) in [5, 5.41) is 0. The van der Waals surface area contributed by atoms with Crippen LogP contribution in [0.2, 0.25) is 0 Å². The fourth-order valence-electron chi connectivity index (χ4n) is 1.65. The van der Waals surface area contributed by atoms with E-state index in [1.807, 2.05) is 13.8 Å². The highest BCUT2D eigenvalue weighted by Crippen LogP contribution is 2.31. The lowest BCUT2D eigenvalue weighted by Gasteiger charge is -2.30. The molecule has 0 aliphatic carbocycles.